The number of alkyl halides is 2. The van der Waals surface area contributed by atoms with E-state index in [9.17, 15) is 18.4 Å². The van der Waals surface area contributed by atoms with E-state index >= 15 is 0 Å². The zero-order valence-electron chi connectivity index (χ0n) is 22.5. The van der Waals surface area contributed by atoms with Crippen molar-refractivity contribution in [1.29, 1.82) is 0 Å². The lowest BCUT2D eigenvalue weighted by atomic mass is 9.58. The van der Waals surface area contributed by atoms with E-state index in [1.54, 1.807) is 6.92 Å². The van der Waals surface area contributed by atoms with Crippen LogP contribution in [0.1, 0.15) is 99.8 Å². The van der Waals surface area contributed by atoms with Gasteiger partial charge >= 0.3 is 18.0 Å². The zero-order valence-corrected chi connectivity index (χ0v) is 22.5. The van der Waals surface area contributed by atoms with Crippen LogP contribution in [-0.2, 0) is 23.8 Å². The lowest BCUT2D eigenvalue weighted by molar-refractivity contribution is -0.300. The number of hydrogen-bond acceptors (Lipinski definition) is 5. The van der Waals surface area contributed by atoms with Crippen LogP contribution in [0.2, 0.25) is 0 Å². The maximum atomic E-state index is 14.3. The van der Waals surface area contributed by atoms with Gasteiger partial charge in [0.2, 0.25) is 0 Å². The Kier molecular flexibility index (Phi) is 14.1. The predicted octanol–water partition coefficient (Wildman–Crippen LogP) is 7.33. The van der Waals surface area contributed by atoms with Crippen LogP contribution in [0.25, 0.3) is 0 Å². The van der Waals surface area contributed by atoms with Crippen LogP contribution in [-0.4, -0.2) is 36.9 Å². The molecule has 0 aromatic carbocycles. The first-order valence-electron chi connectivity index (χ1n) is 13.0. The number of rotatable bonds is 8. The molecule has 0 aliphatic heterocycles. The van der Waals surface area contributed by atoms with Crippen LogP contribution in [0.4, 0.5) is 8.78 Å². The third kappa shape index (κ3) is 9.63. The quantitative estimate of drug-likeness (QED) is 0.263. The summed E-state index contributed by atoms with van der Waals surface area (Å²) >= 11 is 0. The lowest BCUT2D eigenvalue weighted by Crippen LogP contribution is -2.51. The predicted molar refractivity (Wildman–Crippen MR) is 131 cm³/mol. The summed E-state index contributed by atoms with van der Waals surface area (Å²) < 4.78 is 43.9. The molecule has 200 valence electrons. The molecule has 0 saturated heterocycles. The van der Waals surface area contributed by atoms with E-state index in [-0.39, 0.29) is 30.3 Å². The van der Waals surface area contributed by atoms with Gasteiger partial charge in [-0.1, -0.05) is 34.6 Å². The maximum Gasteiger partial charge on any atom is 0.456 e. The molecule has 3 aliphatic carbocycles. The van der Waals surface area contributed by atoms with Gasteiger partial charge in [0.1, 0.15) is 0 Å². The van der Waals surface area contributed by atoms with Crippen LogP contribution in [0.5, 0.6) is 0 Å². The molecule has 0 radical (unpaired) electrons. The van der Waals surface area contributed by atoms with Gasteiger partial charge in [-0.3, -0.25) is 4.79 Å². The highest BCUT2D eigenvalue weighted by molar-refractivity contribution is 5.77. The number of fused-ring (bicyclic) bond motifs is 2. The summed E-state index contributed by atoms with van der Waals surface area (Å²) in [5, 5.41) is 0. The molecule has 34 heavy (non-hydrogen) atoms. The first kappa shape index (κ1) is 32.5. The SMILES string of the molecule is C=C.CC.CC.CCCOC(=O)C1(C)CC2CC(CC(C)(OC(F)(F)C(=O)OCC3CC3)C2)C1. The standard InChI is InChI=1S/C21H32F2O5.2C2H6.C2H4/c1-4-7-26-17(24)19(2)9-15-8-16(10-19)12-20(3,11-15)28-21(22,23)18(25)27-13-14-5-6-14;3*1-2/h14-16H,4-13H2,1-3H3;2*1-2H3;1-2H2. The molecule has 0 aromatic rings. The van der Waals surface area contributed by atoms with Gasteiger partial charge in [0.25, 0.3) is 0 Å². The van der Waals surface area contributed by atoms with Crippen molar-refractivity contribution < 1.29 is 32.6 Å². The Morgan fingerprint density at radius 2 is 1.44 bits per heavy atom. The van der Waals surface area contributed by atoms with E-state index in [0.717, 1.165) is 25.7 Å². The van der Waals surface area contributed by atoms with E-state index in [4.69, 9.17) is 14.2 Å². The Balaban J connectivity index is 0.00000168. The number of halogens is 2. The minimum atomic E-state index is -3.95. The van der Waals surface area contributed by atoms with Gasteiger partial charge in [-0.05, 0) is 83.0 Å². The van der Waals surface area contributed by atoms with E-state index in [1.807, 2.05) is 41.5 Å². The van der Waals surface area contributed by atoms with Crippen molar-refractivity contribution in [2.24, 2.45) is 23.2 Å². The van der Waals surface area contributed by atoms with E-state index in [1.165, 1.54) is 0 Å². The van der Waals surface area contributed by atoms with Crippen molar-refractivity contribution in [2.45, 2.75) is 112 Å². The van der Waals surface area contributed by atoms with Crippen LogP contribution < -0.4 is 0 Å². The number of carbonyl (C=O) groups excluding carboxylic acids is 2. The Labute approximate surface area is 206 Å². The van der Waals surface area contributed by atoms with Crippen LogP contribution in [0, 0.1) is 23.2 Å². The second-order valence-electron chi connectivity index (χ2n) is 9.59. The molecule has 0 aromatic heterocycles. The molecule has 3 rings (SSSR count). The van der Waals surface area contributed by atoms with Crippen molar-refractivity contribution in [3.63, 3.8) is 0 Å². The fraction of sp³-hybridized carbons (Fsp3) is 0.852. The van der Waals surface area contributed by atoms with Crippen LogP contribution in [0.3, 0.4) is 0 Å². The first-order chi connectivity index (χ1) is 16.1. The van der Waals surface area contributed by atoms with Gasteiger partial charge in [-0.15, -0.1) is 13.2 Å². The average molecular weight is 491 g/mol. The largest absolute Gasteiger partial charge is 0.465 e. The highest BCUT2D eigenvalue weighted by Crippen LogP contribution is 2.53. The molecule has 2 bridgehead atoms. The van der Waals surface area contributed by atoms with Gasteiger partial charge in [0, 0.05) is 0 Å². The van der Waals surface area contributed by atoms with E-state index in [2.05, 4.69) is 13.2 Å². The summed E-state index contributed by atoms with van der Waals surface area (Å²) in [5.41, 5.74) is -1.68. The normalized spacial score (nSPS) is 29.6. The molecule has 7 heteroatoms. The van der Waals surface area contributed by atoms with Crippen molar-refractivity contribution in [2.75, 3.05) is 13.2 Å². The number of esters is 2. The van der Waals surface area contributed by atoms with Gasteiger partial charge in [-0.25, -0.2) is 4.79 Å². The maximum absolute atomic E-state index is 14.3. The van der Waals surface area contributed by atoms with Crippen molar-refractivity contribution in [3.8, 4) is 0 Å². The fourth-order valence-corrected chi connectivity index (χ4v) is 5.14. The summed E-state index contributed by atoms with van der Waals surface area (Å²) in [6.07, 6.45) is 1.54. The molecule has 3 aliphatic rings. The van der Waals surface area contributed by atoms with Crippen molar-refractivity contribution >= 4 is 11.9 Å². The zero-order chi connectivity index (χ0) is 26.6. The van der Waals surface area contributed by atoms with E-state index < -0.39 is 23.1 Å². The molecule has 0 N–H and O–H groups in total. The summed E-state index contributed by atoms with van der Waals surface area (Å²) in [6, 6.07) is 0. The first-order valence-corrected chi connectivity index (χ1v) is 13.0. The summed E-state index contributed by atoms with van der Waals surface area (Å²) in [7, 11) is 0. The number of ether oxygens (including phenoxy) is 3. The number of hydrogen-bond donors (Lipinski definition) is 0. The van der Waals surface area contributed by atoms with Crippen molar-refractivity contribution in [3.05, 3.63) is 13.2 Å². The second kappa shape index (κ2) is 14.8. The fourth-order valence-electron chi connectivity index (χ4n) is 5.14. The molecular formula is C27H48F2O5. The number of carbonyl (C=O) groups is 2. The Morgan fingerprint density at radius 3 is 1.88 bits per heavy atom. The van der Waals surface area contributed by atoms with Gasteiger partial charge < -0.3 is 14.2 Å². The minimum absolute atomic E-state index is 0.0397. The molecular weight excluding hydrogens is 442 g/mol. The smallest absolute Gasteiger partial charge is 0.456 e. The van der Waals surface area contributed by atoms with Crippen LogP contribution in [0.15, 0.2) is 13.2 Å². The summed E-state index contributed by atoms with van der Waals surface area (Å²) in [5.74, 6) is -1.38. The van der Waals surface area contributed by atoms with Crippen LogP contribution >= 0.6 is 0 Å². The highest BCUT2D eigenvalue weighted by Gasteiger charge is 2.55. The van der Waals surface area contributed by atoms with Gasteiger partial charge in [0.05, 0.1) is 24.2 Å². The van der Waals surface area contributed by atoms with Gasteiger partial charge in [0.15, 0.2) is 0 Å². The Hall–Kier alpha value is -1.50. The Morgan fingerprint density at radius 1 is 0.941 bits per heavy atom. The second-order valence-corrected chi connectivity index (χ2v) is 9.59. The summed E-state index contributed by atoms with van der Waals surface area (Å²) in [4.78, 5) is 24.3. The van der Waals surface area contributed by atoms with Crippen molar-refractivity contribution in [1.82, 2.24) is 0 Å². The highest BCUT2D eigenvalue weighted by atomic mass is 19.3. The third-order valence-corrected chi connectivity index (χ3v) is 6.28. The molecule has 0 amide bonds. The minimum Gasteiger partial charge on any atom is -0.465 e. The average Bonchev–Trinajstić information content (AvgIpc) is 3.62. The third-order valence-electron chi connectivity index (χ3n) is 6.28. The molecule has 0 heterocycles. The Bertz CT molecular complexity index is 604. The molecule has 2 atom stereocenters. The molecule has 5 nitrogen and oxygen atoms in total. The monoisotopic (exact) mass is 490 g/mol. The summed E-state index contributed by atoms with van der Waals surface area (Å²) in [6.45, 7) is 19.9. The lowest BCUT2D eigenvalue weighted by Gasteiger charge is -2.50. The van der Waals surface area contributed by atoms with E-state index in [0.29, 0.717) is 32.3 Å². The van der Waals surface area contributed by atoms with Gasteiger partial charge in [-0.2, -0.15) is 8.78 Å². The molecule has 3 saturated carbocycles. The topological polar surface area (TPSA) is 61.8 Å². The molecule has 0 spiro atoms. The molecule has 3 fully saturated rings. The molecule has 2 unspecified atom stereocenters.